The molecule has 2 aromatic rings. The van der Waals surface area contributed by atoms with Crippen LogP contribution in [0.5, 0.6) is 0 Å². The zero-order valence-electron chi connectivity index (χ0n) is 14.3. The van der Waals surface area contributed by atoms with Crippen LogP contribution in [0.15, 0.2) is 53.6 Å². The van der Waals surface area contributed by atoms with Crippen LogP contribution in [-0.4, -0.2) is 27.2 Å². The molecule has 2 aromatic carbocycles. The van der Waals surface area contributed by atoms with E-state index in [1.165, 1.54) is 36.0 Å². The van der Waals surface area contributed by atoms with Crippen molar-refractivity contribution in [3.8, 4) is 0 Å². The fraction of sp³-hybridized carbons (Fsp3) is 0.176. The molecule has 2 rings (SSSR count). The van der Waals surface area contributed by atoms with E-state index in [4.69, 9.17) is 0 Å². The van der Waals surface area contributed by atoms with Crippen molar-refractivity contribution in [2.75, 3.05) is 5.75 Å². The van der Waals surface area contributed by atoms with E-state index in [0.717, 1.165) is 5.56 Å². The van der Waals surface area contributed by atoms with Gasteiger partial charge in [0.2, 0.25) is 5.91 Å². The number of rotatable bonds is 8. The van der Waals surface area contributed by atoms with E-state index in [9.17, 15) is 25.0 Å². The molecule has 0 bridgehead atoms. The van der Waals surface area contributed by atoms with Crippen LogP contribution in [0.3, 0.4) is 0 Å². The van der Waals surface area contributed by atoms with Crippen LogP contribution < -0.4 is 5.43 Å². The molecule has 140 valence electrons. The van der Waals surface area contributed by atoms with E-state index < -0.39 is 9.85 Å². The molecule has 0 heterocycles. The third-order valence-electron chi connectivity index (χ3n) is 3.47. The van der Waals surface area contributed by atoms with Crippen molar-refractivity contribution in [3.63, 3.8) is 0 Å². The van der Waals surface area contributed by atoms with Gasteiger partial charge in [-0.2, -0.15) is 5.10 Å². The molecule has 0 spiro atoms. The summed E-state index contributed by atoms with van der Waals surface area (Å²) >= 11 is 1.34. The number of nitro groups is 2. The van der Waals surface area contributed by atoms with Crippen LogP contribution >= 0.6 is 11.8 Å². The first-order valence-corrected chi connectivity index (χ1v) is 8.91. The van der Waals surface area contributed by atoms with Crippen molar-refractivity contribution >= 4 is 34.8 Å². The monoisotopic (exact) mass is 388 g/mol. The minimum absolute atomic E-state index is 0.0208. The van der Waals surface area contributed by atoms with Crippen LogP contribution in [0.25, 0.3) is 0 Å². The molecule has 1 amide bonds. The van der Waals surface area contributed by atoms with Crippen LogP contribution in [0.1, 0.15) is 18.1 Å². The fourth-order valence-electron chi connectivity index (χ4n) is 2.06. The number of carbonyl (C=O) groups is 1. The quantitative estimate of drug-likeness (QED) is 0.420. The summed E-state index contributed by atoms with van der Waals surface area (Å²) in [6.07, 6.45) is 0. The Hall–Kier alpha value is -3.27. The molecule has 0 saturated carbocycles. The maximum Gasteiger partial charge on any atom is 0.270 e. The summed E-state index contributed by atoms with van der Waals surface area (Å²) in [6.45, 7) is 1.64. The summed E-state index contributed by atoms with van der Waals surface area (Å²) in [5.74, 6) is 0.369. The molecule has 0 aliphatic heterocycles. The summed E-state index contributed by atoms with van der Waals surface area (Å²) in [7, 11) is 0. The molecule has 0 radical (unpaired) electrons. The van der Waals surface area contributed by atoms with Crippen LogP contribution in [0, 0.1) is 20.2 Å². The number of nitrogens with one attached hydrogen (secondary N) is 1. The average molecular weight is 388 g/mol. The molecule has 27 heavy (non-hydrogen) atoms. The predicted octanol–water partition coefficient (Wildman–Crippen LogP) is 3.28. The number of carbonyl (C=O) groups excluding carboxylic acids is 1. The molecular formula is C17H16N4O5S. The Balaban J connectivity index is 1.83. The zero-order valence-corrected chi connectivity index (χ0v) is 15.1. The molecule has 9 nitrogen and oxygen atoms in total. The standard InChI is InChI=1S/C17H16N4O5S/c1-12(14-3-2-4-16(9-14)21(25)26)18-19-17(22)11-27-10-13-5-7-15(8-6-13)20(23)24/h2-9H,10-11H2,1H3,(H,19,22)/b18-12+. The number of amides is 1. The Kier molecular flexibility index (Phi) is 7.00. The number of nitrogens with zero attached hydrogens (tertiary/aromatic N) is 3. The molecular weight excluding hydrogens is 372 g/mol. The van der Waals surface area contributed by atoms with E-state index >= 15 is 0 Å². The second-order valence-corrected chi connectivity index (χ2v) is 6.44. The Bertz CT molecular complexity index is 883. The number of nitro benzene ring substituents is 2. The summed E-state index contributed by atoms with van der Waals surface area (Å²) in [4.78, 5) is 32.3. The van der Waals surface area contributed by atoms with Crippen molar-refractivity contribution in [2.24, 2.45) is 5.10 Å². The van der Waals surface area contributed by atoms with Gasteiger partial charge >= 0.3 is 0 Å². The lowest BCUT2D eigenvalue weighted by Gasteiger charge is -2.04. The van der Waals surface area contributed by atoms with Crippen LogP contribution in [0.2, 0.25) is 0 Å². The third-order valence-corrected chi connectivity index (χ3v) is 4.48. The highest BCUT2D eigenvalue weighted by Crippen LogP contribution is 2.17. The number of hydrogen-bond acceptors (Lipinski definition) is 7. The first kappa shape index (κ1) is 20.0. The Morgan fingerprint density at radius 2 is 1.74 bits per heavy atom. The van der Waals surface area contributed by atoms with Crippen molar-refractivity contribution in [1.82, 2.24) is 5.43 Å². The summed E-state index contributed by atoms with van der Waals surface area (Å²) < 4.78 is 0. The second kappa shape index (κ2) is 9.43. The molecule has 0 saturated heterocycles. The lowest BCUT2D eigenvalue weighted by Crippen LogP contribution is -2.21. The van der Waals surface area contributed by atoms with Crippen molar-refractivity contribution < 1.29 is 14.6 Å². The summed E-state index contributed by atoms with van der Waals surface area (Å²) in [5.41, 5.74) is 4.25. The van der Waals surface area contributed by atoms with Crippen molar-refractivity contribution in [2.45, 2.75) is 12.7 Å². The zero-order chi connectivity index (χ0) is 19.8. The van der Waals surface area contributed by atoms with Gasteiger partial charge in [0.25, 0.3) is 11.4 Å². The number of non-ortho nitro benzene ring substituents is 2. The lowest BCUT2D eigenvalue weighted by molar-refractivity contribution is -0.385. The number of hydrazone groups is 1. The highest BCUT2D eigenvalue weighted by atomic mass is 32.2. The van der Waals surface area contributed by atoms with Gasteiger partial charge in [0.1, 0.15) is 0 Å². The topological polar surface area (TPSA) is 128 Å². The van der Waals surface area contributed by atoms with Crippen molar-refractivity contribution in [1.29, 1.82) is 0 Å². The van der Waals surface area contributed by atoms with E-state index in [2.05, 4.69) is 10.5 Å². The summed E-state index contributed by atoms with van der Waals surface area (Å²) in [6, 6.07) is 12.1. The highest BCUT2D eigenvalue weighted by molar-refractivity contribution is 7.99. The highest BCUT2D eigenvalue weighted by Gasteiger charge is 2.08. The van der Waals surface area contributed by atoms with Gasteiger partial charge in [-0.3, -0.25) is 25.0 Å². The Morgan fingerprint density at radius 1 is 1.07 bits per heavy atom. The summed E-state index contributed by atoms with van der Waals surface area (Å²) in [5, 5.41) is 25.3. The van der Waals surface area contributed by atoms with E-state index in [-0.39, 0.29) is 23.0 Å². The first-order valence-electron chi connectivity index (χ1n) is 7.76. The predicted molar refractivity (Wildman–Crippen MR) is 103 cm³/mol. The number of benzene rings is 2. The molecule has 0 fully saturated rings. The Morgan fingerprint density at radius 3 is 2.37 bits per heavy atom. The van der Waals surface area contributed by atoms with E-state index in [0.29, 0.717) is 17.0 Å². The largest absolute Gasteiger partial charge is 0.272 e. The number of thioether (sulfide) groups is 1. The molecule has 0 aromatic heterocycles. The van der Waals surface area contributed by atoms with Gasteiger partial charge in [-0.25, -0.2) is 5.43 Å². The fourth-order valence-corrected chi connectivity index (χ4v) is 2.84. The van der Waals surface area contributed by atoms with Gasteiger partial charge in [-0.1, -0.05) is 24.3 Å². The third kappa shape index (κ3) is 6.19. The molecule has 0 aliphatic rings. The first-order chi connectivity index (χ1) is 12.9. The SMILES string of the molecule is C/C(=N\NC(=O)CSCc1ccc([N+](=O)[O-])cc1)c1cccc([N+](=O)[O-])c1. The van der Waals surface area contributed by atoms with Gasteiger partial charge in [-0.15, -0.1) is 11.8 Å². The minimum atomic E-state index is -0.496. The number of hydrogen-bond donors (Lipinski definition) is 1. The van der Waals surface area contributed by atoms with Gasteiger partial charge in [-0.05, 0) is 12.5 Å². The molecule has 0 aliphatic carbocycles. The van der Waals surface area contributed by atoms with Gasteiger partial charge in [0, 0.05) is 35.6 Å². The minimum Gasteiger partial charge on any atom is -0.272 e. The molecule has 0 atom stereocenters. The van der Waals surface area contributed by atoms with E-state index in [1.807, 2.05) is 0 Å². The van der Waals surface area contributed by atoms with Gasteiger partial charge in [0.15, 0.2) is 0 Å². The van der Waals surface area contributed by atoms with Crippen molar-refractivity contribution in [3.05, 3.63) is 79.9 Å². The maximum absolute atomic E-state index is 11.9. The van der Waals surface area contributed by atoms with Crippen LogP contribution in [-0.2, 0) is 10.5 Å². The van der Waals surface area contributed by atoms with Crippen LogP contribution in [0.4, 0.5) is 11.4 Å². The van der Waals surface area contributed by atoms with Gasteiger partial charge < -0.3 is 0 Å². The molecule has 0 unspecified atom stereocenters. The average Bonchev–Trinajstić information content (AvgIpc) is 2.66. The normalized spacial score (nSPS) is 11.1. The van der Waals surface area contributed by atoms with E-state index in [1.54, 1.807) is 31.2 Å². The molecule has 10 heteroatoms. The lowest BCUT2D eigenvalue weighted by atomic mass is 10.1. The van der Waals surface area contributed by atoms with Gasteiger partial charge in [0.05, 0.1) is 21.3 Å². The molecule has 1 N–H and O–H groups in total. The Labute approximate surface area is 158 Å². The smallest absolute Gasteiger partial charge is 0.270 e. The second-order valence-electron chi connectivity index (χ2n) is 5.46. The maximum atomic E-state index is 11.9.